The number of ether oxygens (including phenoxy) is 1. The van der Waals surface area contributed by atoms with E-state index in [1.165, 1.54) is 0 Å². The Hall–Kier alpha value is -1.10. The third-order valence-corrected chi connectivity index (χ3v) is 2.46. The van der Waals surface area contributed by atoms with Crippen LogP contribution in [0.15, 0.2) is 0 Å². The van der Waals surface area contributed by atoms with E-state index in [0.29, 0.717) is 6.54 Å². The van der Waals surface area contributed by atoms with Crippen LogP contribution < -0.4 is 5.32 Å². The summed E-state index contributed by atoms with van der Waals surface area (Å²) in [5, 5.41) is 11.2. The van der Waals surface area contributed by atoms with E-state index in [9.17, 15) is 9.59 Å². The molecule has 5 heteroatoms. The lowest BCUT2D eigenvalue weighted by atomic mass is 10.1. The van der Waals surface area contributed by atoms with Crippen LogP contribution in [-0.2, 0) is 14.3 Å². The monoisotopic (exact) mass is 215 g/mol. The second-order valence-electron chi connectivity index (χ2n) is 3.88. The Labute approximate surface area is 88.8 Å². The molecule has 0 saturated carbocycles. The van der Waals surface area contributed by atoms with Gasteiger partial charge >= 0.3 is 5.97 Å². The fourth-order valence-corrected chi connectivity index (χ4v) is 1.55. The average molecular weight is 215 g/mol. The van der Waals surface area contributed by atoms with Gasteiger partial charge in [0.2, 0.25) is 5.91 Å². The third-order valence-electron chi connectivity index (χ3n) is 2.46. The van der Waals surface area contributed by atoms with E-state index < -0.39 is 11.9 Å². The van der Waals surface area contributed by atoms with Gasteiger partial charge in [0, 0.05) is 19.1 Å². The summed E-state index contributed by atoms with van der Waals surface area (Å²) < 4.78 is 5.33. The van der Waals surface area contributed by atoms with Crippen molar-refractivity contribution < 1.29 is 19.4 Å². The van der Waals surface area contributed by atoms with Gasteiger partial charge in [0.1, 0.15) is 0 Å². The summed E-state index contributed by atoms with van der Waals surface area (Å²) in [6.45, 7) is 2.85. The zero-order chi connectivity index (χ0) is 11.3. The van der Waals surface area contributed by atoms with E-state index in [1.54, 1.807) is 6.92 Å². The maximum absolute atomic E-state index is 11.4. The van der Waals surface area contributed by atoms with Crippen molar-refractivity contribution in [3.8, 4) is 0 Å². The first-order chi connectivity index (χ1) is 7.09. The molecule has 1 rings (SSSR count). The number of amides is 1. The molecule has 0 aromatic carbocycles. The van der Waals surface area contributed by atoms with Crippen LogP contribution in [0.5, 0.6) is 0 Å². The predicted molar refractivity (Wildman–Crippen MR) is 53.4 cm³/mol. The second kappa shape index (κ2) is 5.70. The molecular formula is C10H17NO4. The van der Waals surface area contributed by atoms with Gasteiger partial charge in [-0.05, 0) is 12.8 Å². The quantitative estimate of drug-likeness (QED) is 0.695. The number of carboxylic acid groups (broad SMARTS) is 1. The number of carbonyl (C=O) groups is 2. The molecule has 0 aliphatic carbocycles. The number of hydrogen-bond donors (Lipinski definition) is 2. The molecule has 0 aromatic heterocycles. The van der Waals surface area contributed by atoms with Gasteiger partial charge in [-0.3, -0.25) is 9.59 Å². The fraction of sp³-hybridized carbons (Fsp3) is 0.800. The number of rotatable bonds is 5. The second-order valence-corrected chi connectivity index (χ2v) is 3.88. The van der Waals surface area contributed by atoms with Gasteiger partial charge in [-0.1, -0.05) is 6.92 Å². The largest absolute Gasteiger partial charge is 0.481 e. The molecule has 0 radical (unpaired) electrons. The minimum Gasteiger partial charge on any atom is -0.481 e. The summed E-state index contributed by atoms with van der Waals surface area (Å²) in [5.41, 5.74) is 0. The number of carboxylic acids is 1. The van der Waals surface area contributed by atoms with Crippen molar-refractivity contribution >= 4 is 11.9 Å². The molecule has 5 nitrogen and oxygen atoms in total. The first-order valence-electron chi connectivity index (χ1n) is 5.20. The molecule has 2 unspecified atom stereocenters. The maximum atomic E-state index is 11.4. The number of hydrogen-bond acceptors (Lipinski definition) is 3. The maximum Gasteiger partial charge on any atom is 0.304 e. The van der Waals surface area contributed by atoms with Crippen molar-refractivity contribution in [2.45, 2.75) is 32.3 Å². The van der Waals surface area contributed by atoms with Crippen molar-refractivity contribution in [2.24, 2.45) is 5.92 Å². The lowest BCUT2D eigenvalue weighted by Gasteiger charge is -2.13. The molecule has 0 spiro atoms. The van der Waals surface area contributed by atoms with Gasteiger partial charge in [0.25, 0.3) is 0 Å². The minimum atomic E-state index is -0.949. The lowest BCUT2D eigenvalue weighted by Crippen LogP contribution is -2.35. The van der Waals surface area contributed by atoms with Crippen molar-refractivity contribution in [3.05, 3.63) is 0 Å². The smallest absolute Gasteiger partial charge is 0.304 e. The van der Waals surface area contributed by atoms with E-state index in [-0.39, 0.29) is 18.4 Å². The van der Waals surface area contributed by atoms with Gasteiger partial charge in [0.15, 0.2) is 0 Å². The van der Waals surface area contributed by atoms with Crippen LogP contribution in [0.1, 0.15) is 26.2 Å². The molecule has 1 aliphatic rings. The Morgan fingerprint density at radius 2 is 2.33 bits per heavy atom. The normalized spacial score (nSPS) is 22.3. The van der Waals surface area contributed by atoms with Crippen molar-refractivity contribution in [2.75, 3.05) is 13.2 Å². The Bertz CT molecular complexity index is 236. The van der Waals surface area contributed by atoms with Gasteiger partial charge in [-0.2, -0.15) is 0 Å². The highest BCUT2D eigenvalue weighted by Gasteiger charge is 2.19. The topological polar surface area (TPSA) is 75.6 Å². The third kappa shape index (κ3) is 4.29. The summed E-state index contributed by atoms with van der Waals surface area (Å²) >= 11 is 0. The highest BCUT2D eigenvalue weighted by atomic mass is 16.5. The summed E-state index contributed by atoms with van der Waals surface area (Å²) in [6, 6.07) is 0. The van der Waals surface area contributed by atoms with E-state index in [0.717, 1.165) is 19.4 Å². The standard InChI is InChI=1S/C10H17NO4/c1-7(5-9(12)13)10(14)11-6-8-3-2-4-15-8/h7-8H,2-6H2,1H3,(H,11,14)(H,12,13). The van der Waals surface area contributed by atoms with E-state index >= 15 is 0 Å². The zero-order valence-electron chi connectivity index (χ0n) is 8.86. The number of nitrogens with one attached hydrogen (secondary N) is 1. The summed E-state index contributed by atoms with van der Waals surface area (Å²) in [5.74, 6) is -1.65. The van der Waals surface area contributed by atoms with Crippen LogP contribution in [0.25, 0.3) is 0 Å². The summed E-state index contributed by atoms with van der Waals surface area (Å²) in [7, 11) is 0. The molecule has 1 fully saturated rings. The van der Waals surface area contributed by atoms with Crippen molar-refractivity contribution in [3.63, 3.8) is 0 Å². The van der Waals surface area contributed by atoms with Crippen LogP contribution in [0.3, 0.4) is 0 Å². The summed E-state index contributed by atoms with van der Waals surface area (Å²) in [6.07, 6.45) is 1.97. The molecule has 0 aromatic rings. The van der Waals surface area contributed by atoms with Gasteiger partial charge < -0.3 is 15.2 Å². The number of aliphatic carboxylic acids is 1. The molecular weight excluding hydrogens is 198 g/mol. The van der Waals surface area contributed by atoms with Gasteiger partial charge in [0.05, 0.1) is 12.5 Å². The van der Waals surface area contributed by atoms with Crippen LogP contribution in [-0.4, -0.2) is 36.2 Å². The minimum absolute atomic E-state index is 0.103. The first-order valence-corrected chi connectivity index (χ1v) is 5.20. The molecule has 1 aliphatic heterocycles. The lowest BCUT2D eigenvalue weighted by molar-refractivity contribution is -0.140. The average Bonchev–Trinajstić information content (AvgIpc) is 2.65. The zero-order valence-corrected chi connectivity index (χ0v) is 8.86. The van der Waals surface area contributed by atoms with E-state index in [2.05, 4.69) is 5.32 Å². The molecule has 1 heterocycles. The Morgan fingerprint density at radius 3 is 2.87 bits per heavy atom. The van der Waals surface area contributed by atoms with Gasteiger partial charge in [-0.15, -0.1) is 0 Å². The van der Waals surface area contributed by atoms with Crippen LogP contribution >= 0.6 is 0 Å². The van der Waals surface area contributed by atoms with Crippen LogP contribution in [0.4, 0.5) is 0 Å². The molecule has 1 saturated heterocycles. The van der Waals surface area contributed by atoms with Crippen molar-refractivity contribution in [1.82, 2.24) is 5.32 Å². The Morgan fingerprint density at radius 1 is 1.60 bits per heavy atom. The fourth-order valence-electron chi connectivity index (χ4n) is 1.55. The molecule has 2 atom stereocenters. The first kappa shape index (κ1) is 12.0. The summed E-state index contributed by atoms with van der Waals surface area (Å²) in [4.78, 5) is 21.8. The van der Waals surface area contributed by atoms with Crippen molar-refractivity contribution in [1.29, 1.82) is 0 Å². The molecule has 15 heavy (non-hydrogen) atoms. The Balaban J connectivity index is 2.19. The molecule has 86 valence electrons. The van der Waals surface area contributed by atoms with E-state index in [1.807, 2.05) is 0 Å². The highest BCUT2D eigenvalue weighted by molar-refractivity contribution is 5.82. The van der Waals surface area contributed by atoms with Crippen LogP contribution in [0.2, 0.25) is 0 Å². The number of carbonyl (C=O) groups excluding carboxylic acids is 1. The molecule has 0 bridgehead atoms. The predicted octanol–water partition coefficient (Wildman–Crippen LogP) is 0.392. The van der Waals surface area contributed by atoms with Crippen LogP contribution in [0, 0.1) is 5.92 Å². The van der Waals surface area contributed by atoms with Gasteiger partial charge in [-0.25, -0.2) is 0 Å². The van der Waals surface area contributed by atoms with E-state index in [4.69, 9.17) is 9.84 Å². The highest BCUT2D eigenvalue weighted by Crippen LogP contribution is 2.11. The molecule has 1 amide bonds. The SMILES string of the molecule is CC(CC(=O)O)C(=O)NCC1CCCO1. The molecule has 2 N–H and O–H groups in total. The Kier molecular flexibility index (Phi) is 4.55.